The second-order valence-corrected chi connectivity index (χ2v) is 5.76. The monoisotopic (exact) mass is 286 g/mol. The molecule has 0 amide bonds. The molecular weight excluding hydrogens is 268 g/mol. The number of rotatable bonds is 7. The SMILES string of the molecule is CCc1ccc(C(=O)O)cc1S(=O)(=O)NCCCN. The van der Waals surface area contributed by atoms with E-state index in [1.807, 2.05) is 6.92 Å². The fourth-order valence-corrected chi connectivity index (χ4v) is 3.02. The van der Waals surface area contributed by atoms with Gasteiger partial charge in [0, 0.05) is 6.54 Å². The highest BCUT2D eigenvalue weighted by Gasteiger charge is 2.19. The minimum Gasteiger partial charge on any atom is -0.478 e. The van der Waals surface area contributed by atoms with Crippen LogP contribution < -0.4 is 10.5 Å². The van der Waals surface area contributed by atoms with Crippen molar-refractivity contribution in [3.8, 4) is 0 Å². The lowest BCUT2D eigenvalue weighted by molar-refractivity contribution is 0.0696. The van der Waals surface area contributed by atoms with Crippen LogP contribution in [0.25, 0.3) is 0 Å². The van der Waals surface area contributed by atoms with Crippen molar-refractivity contribution in [1.29, 1.82) is 0 Å². The molecule has 0 radical (unpaired) electrons. The highest BCUT2D eigenvalue weighted by molar-refractivity contribution is 7.89. The number of aromatic carboxylic acids is 1. The number of nitrogens with two attached hydrogens (primary N) is 1. The van der Waals surface area contributed by atoms with Gasteiger partial charge in [0.05, 0.1) is 10.5 Å². The van der Waals surface area contributed by atoms with Crippen LogP contribution in [0.4, 0.5) is 0 Å². The quantitative estimate of drug-likeness (QED) is 0.635. The highest BCUT2D eigenvalue weighted by Crippen LogP contribution is 2.18. The van der Waals surface area contributed by atoms with Gasteiger partial charge >= 0.3 is 5.97 Å². The lowest BCUT2D eigenvalue weighted by Gasteiger charge is -2.11. The second kappa shape index (κ2) is 6.65. The molecule has 0 bridgehead atoms. The molecule has 1 aromatic carbocycles. The van der Waals surface area contributed by atoms with E-state index in [-0.39, 0.29) is 17.0 Å². The summed E-state index contributed by atoms with van der Waals surface area (Å²) >= 11 is 0. The first-order chi connectivity index (χ1) is 8.92. The Balaban J connectivity index is 3.15. The average molecular weight is 286 g/mol. The summed E-state index contributed by atoms with van der Waals surface area (Å²) in [5.74, 6) is -1.15. The first kappa shape index (κ1) is 15.6. The van der Waals surface area contributed by atoms with Crippen molar-refractivity contribution in [1.82, 2.24) is 4.72 Å². The molecule has 0 spiro atoms. The van der Waals surface area contributed by atoms with E-state index in [0.29, 0.717) is 24.9 Å². The largest absolute Gasteiger partial charge is 0.478 e. The highest BCUT2D eigenvalue weighted by atomic mass is 32.2. The van der Waals surface area contributed by atoms with Gasteiger partial charge in [-0.3, -0.25) is 0 Å². The molecule has 0 saturated carbocycles. The molecule has 0 atom stereocenters. The summed E-state index contributed by atoms with van der Waals surface area (Å²) in [5.41, 5.74) is 5.85. The summed E-state index contributed by atoms with van der Waals surface area (Å²) in [5, 5.41) is 8.92. The second-order valence-electron chi connectivity index (χ2n) is 4.02. The molecule has 0 unspecified atom stereocenters. The van der Waals surface area contributed by atoms with Crippen LogP contribution in [-0.2, 0) is 16.4 Å². The van der Waals surface area contributed by atoms with Gasteiger partial charge in [0.15, 0.2) is 0 Å². The van der Waals surface area contributed by atoms with Crippen LogP contribution >= 0.6 is 0 Å². The molecule has 0 heterocycles. The van der Waals surface area contributed by atoms with E-state index in [2.05, 4.69) is 4.72 Å². The third-order valence-electron chi connectivity index (χ3n) is 2.66. The number of carboxylic acids is 1. The Labute approximate surface area is 112 Å². The Bertz CT molecular complexity index is 555. The van der Waals surface area contributed by atoms with Crippen LogP contribution in [0, 0.1) is 0 Å². The summed E-state index contributed by atoms with van der Waals surface area (Å²) < 4.78 is 26.6. The van der Waals surface area contributed by atoms with Gasteiger partial charge in [-0.15, -0.1) is 0 Å². The van der Waals surface area contributed by atoms with Crippen LogP contribution in [0.3, 0.4) is 0 Å². The Morgan fingerprint density at radius 2 is 2.11 bits per heavy atom. The van der Waals surface area contributed by atoms with Crippen molar-refractivity contribution >= 4 is 16.0 Å². The Morgan fingerprint density at radius 1 is 1.42 bits per heavy atom. The predicted molar refractivity (Wildman–Crippen MR) is 71.6 cm³/mol. The molecule has 0 saturated heterocycles. The third kappa shape index (κ3) is 4.02. The number of hydrogen-bond acceptors (Lipinski definition) is 4. The zero-order chi connectivity index (χ0) is 14.5. The van der Waals surface area contributed by atoms with E-state index in [1.165, 1.54) is 18.2 Å². The van der Waals surface area contributed by atoms with Crippen molar-refractivity contribution in [3.05, 3.63) is 29.3 Å². The fourth-order valence-electron chi connectivity index (χ4n) is 1.62. The molecule has 1 aromatic rings. The van der Waals surface area contributed by atoms with Crippen molar-refractivity contribution in [2.24, 2.45) is 5.73 Å². The average Bonchev–Trinajstić information content (AvgIpc) is 2.38. The topological polar surface area (TPSA) is 109 Å². The van der Waals surface area contributed by atoms with E-state index < -0.39 is 16.0 Å². The van der Waals surface area contributed by atoms with Crippen LogP contribution in [0.5, 0.6) is 0 Å². The lowest BCUT2D eigenvalue weighted by atomic mass is 10.1. The van der Waals surface area contributed by atoms with Crippen LogP contribution in [0.15, 0.2) is 23.1 Å². The molecule has 4 N–H and O–H groups in total. The van der Waals surface area contributed by atoms with E-state index in [9.17, 15) is 13.2 Å². The predicted octanol–water partition coefficient (Wildman–Crippen LogP) is 0.574. The number of carbonyl (C=O) groups is 1. The molecule has 106 valence electrons. The number of benzene rings is 1. The van der Waals surface area contributed by atoms with Crippen LogP contribution in [-0.4, -0.2) is 32.6 Å². The number of carboxylic acid groups (broad SMARTS) is 1. The van der Waals surface area contributed by atoms with Gasteiger partial charge in [0.1, 0.15) is 0 Å². The first-order valence-corrected chi connectivity index (χ1v) is 7.46. The number of hydrogen-bond donors (Lipinski definition) is 3. The lowest BCUT2D eigenvalue weighted by Crippen LogP contribution is -2.27. The van der Waals surface area contributed by atoms with Crippen molar-refractivity contribution < 1.29 is 18.3 Å². The Morgan fingerprint density at radius 3 is 2.63 bits per heavy atom. The normalized spacial score (nSPS) is 11.5. The molecule has 0 aromatic heterocycles. The van der Waals surface area contributed by atoms with Gasteiger partial charge in [-0.2, -0.15) is 0 Å². The molecule has 0 aliphatic rings. The summed E-state index contributed by atoms with van der Waals surface area (Å²) in [6.45, 7) is 2.44. The van der Waals surface area contributed by atoms with E-state index >= 15 is 0 Å². The van der Waals surface area contributed by atoms with E-state index in [1.54, 1.807) is 0 Å². The third-order valence-corrected chi connectivity index (χ3v) is 4.20. The van der Waals surface area contributed by atoms with Gasteiger partial charge in [0.25, 0.3) is 0 Å². The molecule has 1 rings (SSSR count). The van der Waals surface area contributed by atoms with Crippen molar-refractivity contribution in [3.63, 3.8) is 0 Å². The van der Waals surface area contributed by atoms with E-state index in [0.717, 1.165) is 0 Å². The Hall–Kier alpha value is -1.44. The maximum atomic E-state index is 12.1. The smallest absolute Gasteiger partial charge is 0.335 e. The van der Waals surface area contributed by atoms with Crippen molar-refractivity contribution in [2.75, 3.05) is 13.1 Å². The Kier molecular flexibility index (Phi) is 5.46. The molecule has 0 aliphatic heterocycles. The molecule has 6 nitrogen and oxygen atoms in total. The summed E-state index contributed by atoms with van der Waals surface area (Å²) in [7, 11) is -3.70. The number of nitrogens with one attached hydrogen (secondary N) is 1. The molecule has 19 heavy (non-hydrogen) atoms. The maximum absolute atomic E-state index is 12.1. The summed E-state index contributed by atoms with van der Waals surface area (Å²) in [4.78, 5) is 10.9. The van der Waals surface area contributed by atoms with E-state index in [4.69, 9.17) is 10.8 Å². The molecule has 0 aliphatic carbocycles. The van der Waals surface area contributed by atoms with Crippen LogP contribution in [0.1, 0.15) is 29.3 Å². The first-order valence-electron chi connectivity index (χ1n) is 5.98. The van der Waals surface area contributed by atoms with Crippen molar-refractivity contribution in [2.45, 2.75) is 24.7 Å². The summed E-state index contributed by atoms with van der Waals surface area (Å²) in [6.07, 6.45) is 1.03. The molecule has 0 fully saturated rings. The van der Waals surface area contributed by atoms with Gasteiger partial charge in [-0.1, -0.05) is 13.0 Å². The van der Waals surface area contributed by atoms with Crippen LogP contribution in [0.2, 0.25) is 0 Å². The minimum absolute atomic E-state index is 0.0203. The fraction of sp³-hybridized carbons (Fsp3) is 0.417. The van der Waals surface area contributed by atoms with Gasteiger partial charge in [-0.25, -0.2) is 17.9 Å². The van der Waals surface area contributed by atoms with Gasteiger partial charge < -0.3 is 10.8 Å². The standard InChI is InChI=1S/C12H18N2O4S/c1-2-9-4-5-10(12(15)16)8-11(9)19(17,18)14-7-3-6-13/h4-5,8,14H,2-3,6-7,13H2,1H3,(H,15,16). The summed E-state index contributed by atoms with van der Waals surface area (Å²) in [6, 6.07) is 4.12. The zero-order valence-electron chi connectivity index (χ0n) is 10.7. The number of aryl methyl sites for hydroxylation is 1. The number of sulfonamides is 1. The van der Waals surface area contributed by atoms with Gasteiger partial charge in [-0.05, 0) is 37.1 Å². The zero-order valence-corrected chi connectivity index (χ0v) is 11.5. The minimum atomic E-state index is -3.70. The maximum Gasteiger partial charge on any atom is 0.335 e. The van der Waals surface area contributed by atoms with Gasteiger partial charge in [0.2, 0.25) is 10.0 Å². The molecular formula is C12H18N2O4S. The molecule has 7 heteroatoms.